The van der Waals surface area contributed by atoms with Crippen molar-refractivity contribution in [3.05, 3.63) is 12.0 Å². The fourth-order valence-corrected chi connectivity index (χ4v) is 3.46. The van der Waals surface area contributed by atoms with E-state index >= 15 is 0 Å². The van der Waals surface area contributed by atoms with E-state index in [1.54, 1.807) is 7.05 Å². The van der Waals surface area contributed by atoms with Crippen molar-refractivity contribution in [1.29, 1.82) is 0 Å². The summed E-state index contributed by atoms with van der Waals surface area (Å²) >= 11 is 0. The van der Waals surface area contributed by atoms with Crippen LogP contribution in [0.3, 0.4) is 0 Å². The maximum absolute atomic E-state index is 10.7. The van der Waals surface area contributed by atoms with Crippen molar-refractivity contribution in [1.82, 2.24) is 14.5 Å². The Morgan fingerprint density at radius 3 is 2.45 bits per heavy atom. The lowest BCUT2D eigenvalue weighted by Gasteiger charge is -2.28. The summed E-state index contributed by atoms with van der Waals surface area (Å²) in [6.07, 6.45) is 0.685. The van der Waals surface area contributed by atoms with Gasteiger partial charge >= 0.3 is 0 Å². The van der Waals surface area contributed by atoms with Gasteiger partial charge in [0.25, 0.3) is 6.48 Å². The summed E-state index contributed by atoms with van der Waals surface area (Å²) in [5.41, 5.74) is 0.302. The Hall–Kier alpha value is -2.26. The molecule has 0 amide bonds. The third kappa shape index (κ3) is 6.00. The van der Waals surface area contributed by atoms with Gasteiger partial charge in [0, 0.05) is 19.9 Å². The second-order valence-electron chi connectivity index (χ2n) is 7.63. The van der Waals surface area contributed by atoms with Gasteiger partial charge < -0.3 is 48.8 Å². The molecule has 1 aromatic rings. The number of imidazole rings is 1. The fourth-order valence-electron chi connectivity index (χ4n) is 3.46. The number of aliphatic imine (C=N–C) groups is 1. The average molecular weight is 470 g/mol. The Morgan fingerprint density at radius 2 is 1.85 bits per heavy atom. The zero-order valence-corrected chi connectivity index (χ0v) is 18.3. The molecule has 0 aliphatic carbocycles. The number of carbonyl (C=O) groups is 2. The van der Waals surface area contributed by atoms with Gasteiger partial charge in [0.15, 0.2) is 18.3 Å². The maximum Gasteiger partial charge on any atom is 0.272 e. The number of hydrogen-bond donors (Lipinski definition) is 3. The summed E-state index contributed by atoms with van der Waals surface area (Å²) in [4.78, 5) is 31.1. The standard InChI is InChI=1S/C20H30N4O9/c1-23-11-22-17-14(18(23)29)21-12-24(17)19-16(15(28)13(10-27)32-19)33-20(30-8-4-2-6-25)31-9-5-3-7-26/h6-7,11-13,15-16,18-20,27-29H,2-5,8-10H2,1H3/t13-,15?,16?,18?,19-/m1/s1. The zero-order chi connectivity index (χ0) is 23.8. The molecule has 1 aromatic heterocycles. The van der Waals surface area contributed by atoms with Crippen LogP contribution in [0.2, 0.25) is 0 Å². The maximum atomic E-state index is 10.7. The highest BCUT2D eigenvalue weighted by Crippen LogP contribution is 2.39. The molecule has 1 fully saturated rings. The molecular formula is C20H30N4O9. The van der Waals surface area contributed by atoms with Gasteiger partial charge in [0.1, 0.15) is 36.6 Å². The lowest BCUT2D eigenvalue weighted by atomic mass is 10.1. The average Bonchev–Trinajstić information content (AvgIpc) is 3.37. The number of nitrogens with zero attached hydrogens (tertiary/aromatic N) is 4. The van der Waals surface area contributed by atoms with Gasteiger partial charge in [-0.2, -0.15) is 0 Å². The molecule has 3 rings (SSSR count). The van der Waals surface area contributed by atoms with E-state index in [1.165, 1.54) is 22.1 Å². The lowest BCUT2D eigenvalue weighted by molar-refractivity contribution is -0.318. The van der Waals surface area contributed by atoms with Gasteiger partial charge in [0.05, 0.1) is 32.5 Å². The van der Waals surface area contributed by atoms with Gasteiger partial charge in [-0.25, -0.2) is 9.98 Å². The molecule has 5 atom stereocenters. The van der Waals surface area contributed by atoms with E-state index < -0.39 is 43.9 Å². The highest BCUT2D eigenvalue weighted by molar-refractivity contribution is 5.64. The quantitative estimate of drug-likeness (QED) is 0.180. The Bertz CT molecular complexity index is 788. The Kier molecular flexibility index (Phi) is 9.43. The molecule has 33 heavy (non-hydrogen) atoms. The van der Waals surface area contributed by atoms with Crippen molar-refractivity contribution in [2.45, 2.75) is 62.9 Å². The van der Waals surface area contributed by atoms with Crippen LogP contribution in [0, 0.1) is 0 Å². The number of fused-ring (bicyclic) bond motifs is 1. The van der Waals surface area contributed by atoms with E-state index in [0.717, 1.165) is 12.6 Å². The highest BCUT2D eigenvalue weighted by Gasteiger charge is 2.48. The Morgan fingerprint density at radius 1 is 1.18 bits per heavy atom. The SMILES string of the molecule is CN1C=Nc2c(ncn2[C@@H]2O[C@H](CO)C(O)C2OC(OCCCC=O)OCCCC=O)C1O. The Balaban J connectivity index is 1.78. The van der Waals surface area contributed by atoms with E-state index in [4.69, 9.17) is 18.9 Å². The van der Waals surface area contributed by atoms with Crippen LogP contribution in [0.25, 0.3) is 0 Å². The minimum Gasteiger partial charge on any atom is -0.394 e. The second-order valence-corrected chi connectivity index (χ2v) is 7.63. The van der Waals surface area contributed by atoms with Gasteiger partial charge in [0.2, 0.25) is 0 Å². The van der Waals surface area contributed by atoms with Crippen molar-refractivity contribution < 1.29 is 43.9 Å². The molecule has 2 aliphatic heterocycles. The molecule has 0 spiro atoms. The largest absolute Gasteiger partial charge is 0.394 e. The van der Waals surface area contributed by atoms with Crippen molar-refractivity contribution in [2.75, 3.05) is 26.9 Å². The summed E-state index contributed by atoms with van der Waals surface area (Å²) in [6, 6.07) is 0. The molecular weight excluding hydrogens is 440 g/mol. The number of unbranched alkanes of at least 4 members (excludes halogenated alkanes) is 2. The number of aromatic nitrogens is 2. The number of ether oxygens (including phenoxy) is 4. The molecule has 13 nitrogen and oxygen atoms in total. The fraction of sp³-hybridized carbons (Fsp3) is 0.700. The second kappa shape index (κ2) is 12.3. The van der Waals surface area contributed by atoms with Crippen LogP contribution in [0.15, 0.2) is 11.3 Å². The topological polar surface area (TPSA) is 165 Å². The highest BCUT2D eigenvalue weighted by atomic mass is 16.9. The monoisotopic (exact) mass is 470 g/mol. The predicted octanol–water partition coefficient (Wildman–Crippen LogP) is -0.610. The normalized spacial score (nSPS) is 26.7. The van der Waals surface area contributed by atoms with Gasteiger partial charge in [-0.15, -0.1) is 0 Å². The van der Waals surface area contributed by atoms with Gasteiger partial charge in [-0.05, 0) is 12.8 Å². The van der Waals surface area contributed by atoms with E-state index in [2.05, 4.69) is 9.98 Å². The molecule has 0 bridgehead atoms. The number of aldehydes is 2. The summed E-state index contributed by atoms with van der Waals surface area (Å²) in [5, 5.41) is 30.7. The first-order valence-corrected chi connectivity index (χ1v) is 10.7. The molecule has 184 valence electrons. The van der Waals surface area contributed by atoms with Crippen LogP contribution >= 0.6 is 0 Å². The first kappa shape index (κ1) is 25.4. The van der Waals surface area contributed by atoms with Crippen LogP contribution in [0.1, 0.15) is 43.8 Å². The number of hydrogen-bond acceptors (Lipinski definition) is 12. The van der Waals surface area contributed by atoms with Crippen LogP contribution < -0.4 is 0 Å². The Labute approximate surface area is 190 Å². The summed E-state index contributed by atoms with van der Waals surface area (Å²) in [5.74, 6) is 0.320. The molecule has 0 radical (unpaired) electrons. The number of aliphatic hydroxyl groups is 3. The van der Waals surface area contributed by atoms with Gasteiger partial charge in [-0.3, -0.25) is 4.57 Å². The predicted molar refractivity (Wildman–Crippen MR) is 111 cm³/mol. The lowest BCUT2D eigenvalue weighted by Crippen LogP contribution is -2.40. The minimum atomic E-state index is -1.24. The first-order valence-electron chi connectivity index (χ1n) is 10.7. The van der Waals surface area contributed by atoms with Crippen molar-refractivity contribution >= 4 is 24.7 Å². The third-order valence-electron chi connectivity index (χ3n) is 5.26. The van der Waals surface area contributed by atoms with E-state index in [-0.39, 0.29) is 13.2 Å². The zero-order valence-electron chi connectivity index (χ0n) is 18.3. The molecule has 3 heterocycles. The van der Waals surface area contributed by atoms with E-state index in [0.29, 0.717) is 37.2 Å². The molecule has 0 saturated carbocycles. The number of aliphatic hydroxyl groups excluding tert-OH is 3. The third-order valence-corrected chi connectivity index (χ3v) is 5.26. The molecule has 3 N–H and O–H groups in total. The minimum absolute atomic E-state index is 0.165. The van der Waals surface area contributed by atoms with E-state index in [1.807, 2.05) is 0 Å². The summed E-state index contributed by atoms with van der Waals surface area (Å²) in [7, 11) is 1.65. The molecule has 0 aromatic carbocycles. The van der Waals surface area contributed by atoms with Crippen molar-refractivity contribution in [3.63, 3.8) is 0 Å². The summed E-state index contributed by atoms with van der Waals surface area (Å²) in [6.45, 7) is -1.35. The van der Waals surface area contributed by atoms with Crippen molar-refractivity contribution in [2.24, 2.45) is 4.99 Å². The van der Waals surface area contributed by atoms with E-state index in [9.17, 15) is 24.9 Å². The molecule has 3 unspecified atom stereocenters. The molecule has 13 heteroatoms. The van der Waals surface area contributed by atoms with Crippen molar-refractivity contribution in [3.8, 4) is 0 Å². The van der Waals surface area contributed by atoms with Crippen LogP contribution in [0.5, 0.6) is 0 Å². The number of rotatable bonds is 14. The van der Waals surface area contributed by atoms with Crippen LogP contribution in [-0.2, 0) is 28.5 Å². The summed E-state index contributed by atoms with van der Waals surface area (Å²) < 4.78 is 24.4. The van der Waals surface area contributed by atoms with Gasteiger partial charge in [-0.1, -0.05) is 0 Å². The first-order chi connectivity index (χ1) is 16.0. The van der Waals surface area contributed by atoms with Crippen LogP contribution in [-0.4, -0.2) is 100 Å². The smallest absolute Gasteiger partial charge is 0.272 e. The van der Waals surface area contributed by atoms with Crippen LogP contribution in [0.4, 0.5) is 5.82 Å². The number of carbonyl (C=O) groups excluding carboxylic acids is 2. The molecule has 1 saturated heterocycles. The molecule has 2 aliphatic rings.